The molecule has 1 aliphatic rings. The van der Waals surface area contributed by atoms with E-state index >= 15 is 0 Å². The zero-order valence-electron chi connectivity index (χ0n) is 19.2. The molecule has 0 saturated heterocycles. The maximum Gasteiger partial charge on any atom is 0.255 e. The Bertz CT molecular complexity index is 1340. The van der Waals surface area contributed by atoms with Crippen LogP contribution in [-0.4, -0.2) is 30.2 Å². The monoisotopic (exact) mass is 453 g/mol. The molecule has 1 aliphatic heterocycles. The zero-order valence-corrected chi connectivity index (χ0v) is 19.2. The number of aliphatic hydroxyl groups is 1. The van der Waals surface area contributed by atoms with Gasteiger partial charge >= 0.3 is 0 Å². The van der Waals surface area contributed by atoms with Crippen LogP contribution in [0.5, 0.6) is 0 Å². The predicted octanol–water partition coefficient (Wildman–Crippen LogP) is 3.91. The number of nitrogens with one attached hydrogen (secondary N) is 1. The first-order valence-corrected chi connectivity index (χ1v) is 11.4. The average Bonchev–Trinajstić information content (AvgIpc) is 2.86. The molecule has 4 aromatic rings. The highest BCUT2D eigenvalue weighted by atomic mass is 16.3. The third-order valence-electron chi connectivity index (χ3n) is 6.62. The van der Waals surface area contributed by atoms with E-state index in [0.29, 0.717) is 30.3 Å². The second-order valence-corrected chi connectivity index (χ2v) is 9.21. The Hall–Kier alpha value is -3.68. The number of benzene rings is 2. The molecule has 2 aromatic carbocycles. The van der Waals surface area contributed by atoms with Gasteiger partial charge in [0.2, 0.25) is 0 Å². The summed E-state index contributed by atoms with van der Waals surface area (Å²) in [6.07, 6.45) is 2.79. The molecule has 0 spiro atoms. The van der Waals surface area contributed by atoms with Crippen LogP contribution in [0.4, 0.5) is 0 Å². The molecule has 7 heteroatoms. The summed E-state index contributed by atoms with van der Waals surface area (Å²) >= 11 is 0. The van der Waals surface area contributed by atoms with Gasteiger partial charge < -0.3 is 5.11 Å². The van der Waals surface area contributed by atoms with E-state index in [0.717, 1.165) is 16.7 Å². The highest BCUT2D eigenvalue weighted by Gasteiger charge is 2.39. The van der Waals surface area contributed by atoms with Gasteiger partial charge in [-0.2, -0.15) is 0 Å². The molecule has 0 amide bonds. The van der Waals surface area contributed by atoms with Gasteiger partial charge in [0.15, 0.2) is 0 Å². The quantitative estimate of drug-likeness (QED) is 0.476. The zero-order chi connectivity index (χ0) is 23.7. The molecule has 0 bridgehead atoms. The van der Waals surface area contributed by atoms with Crippen LogP contribution in [-0.2, 0) is 6.67 Å². The lowest BCUT2D eigenvalue weighted by molar-refractivity contribution is 0.119. The summed E-state index contributed by atoms with van der Waals surface area (Å²) in [7, 11) is 0. The lowest BCUT2D eigenvalue weighted by Gasteiger charge is -2.41. The third kappa shape index (κ3) is 4.27. The van der Waals surface area contributed by atoms with Gasteiger partial charge in [-0.1, -0.05) is 54.6 Å². The molecule has 5 rings (SSSR count). The molecule has 0 radical (unpaired) electrons. The van der Waals surface area contributed by atoms with E-state index in [-0.39, 0.29) is 17.0 Å². The topological polar surface area (TPSA) is 92.9 Å². The minimum absolute atomic E-state index is 0.145. The second-order valence-electron chi connectivity index (χ2n) is 9.21. The van der Waals surface area contributed by atoms with Crippen molar-refractivity contribution in [1.29, 1.82) is 0 Å². The van der Waals surface area contributed by atoms with Crippen molar-refractivity contribution in [1.82, 2.24) is 24.8 Å². The number of rotatable bonds is 5. The summed E-state index contributed by atoms with van der Waals surface area (Å²) in [6.45, 7) is 4.53. The largest absolute Gasteiger partial charge is 0.388 e. The van der Waals surface area contributed by atoms with E-state index in [1.807, 2.05) is 42.5 Å². The molecular weight excluding hydrogens is 426 g/mol. The molecule has 2 aromatic heterocycles. The van der Waals surface area contributed by atoms with Crippen molar-refractivity contribution in [3.05, 3.63) is 101 Å². The van der Waals surface area contributed by atoms with Crippen LogP contribution in [0.1, 0.15) is 43.7 Å². The van der Waals surface area contributed by atoms with Crippen LogP contribution in [0, 0.1) is 0 Å². The van der Waals surface area contributed by atoms with Gasteiger partial charge in [-0.05, 0) is 43.0 Å². The minimum atomic E-state index is -0.706. The fraction of sp³-hybridized carbons (Fsp3) is 0.259. The summed E-state index contributed by atoms with van der Waals surface area (Å²) < 4.78 is 1.64. The maximum absolute atomic E-state index is 12.9. The van der Waals surface area contributed by atoms with Crippen LogP contribution in [0.15, 0.2) is 84.0 Å². The molecule has 34 heavy (non-hydrogen) atoms. The first-order valence-electron chi connectivity index (χ1n) is 11.4. The summed E-state index contributed by atoms with van der Waals surface area (Å²) in [4.78, 5) is 26.0. The van der Waals surface area contributed by atoms with Crippen molar-refractivity contribution in [2.75, 3.05) is 0 Å². The second kappa shape index (κ2) is 8.93. The summed E-state index contributed by atoms with van der Waals surface area (Å²) in [5.74, 6) is 0.462. The summed E-state index contributed by atoms with van der Waals surface area (Å²) in [5, 5.41) is 14.6. The van der Waals surface area contributed by atoms with Gasteiger partial charge in [0.1, 0.15) is 12.2 Å². The fourth-order valence-electron chi connectivity index (χ4n) is 4.54. The third-order valence-corrected chi connectivity index (χ3v) is 6.62. The van der Waals surface area contributed by atoms with Gasteiger partial charge in [-0.3, -0.25) is 14.7 Å². The van der Waals surface area contributed by atoms with Gasteiger partial charge in [-0.25, -0.2) is 15.0 Å². The van der Waals surface area contributed by atoms with Gasteiger partial charge in [0.05, 0.1) is 24.2 Å². The Labute approximate surface area is 198 Å². The van der Waals surface area contributed by atoms with Gasteiger partial charge in [0, 0.05) is 23.7 Å². The Morgan fingerprint density at radius 3 is 2.50 bits per heavy atom. The van der Waals surface area contributed by atoms with Crippen molar-refractivity contribution in [3.8, 4) is 22.5 Å². The van der Waals surface area contributed by atoms with E-state index in [9.17, 15) is 9.90 Å². The minimum Gasteiger partial charge on any atom is -0.388 e. The molecule has 0 saturated carbocycles. The summed E-state index contributed by atoms with van der Waals surface area (Å²) in [5.41, 5.74) is 3.68. The SMILES string of the molecule is CC1(C)NCn2c(nc(-c3ccncn3)cc2=O)C1CC(O)c1ccc(-c2ccccc2)cc1. The highest BCUT2D eigenvalue weighted by Crippen LogP contribution is 2.38. The Balaban J connectivity index is 1.46. The van der Waals surface area contributed by atoms with Crippen molar-refractivity contribution in [3.63, 3.8) is 0 Å². The molecule has 2 unspecified atom stereocenters. The van der Waals surface area contributed by atoms with Crippen LogP contribution >= 0.6 is 0 Å². The van der Waals surface area contributed by atoms with Crippen LogP contribution in [0.3, 0.4) is 0 Å². The number of aliphatic hydroxyl groups excluding tert-OH is 1. The van der Waals surface area contributed by atoms with E-state index in [1.54, 1.807) is 16.8 Å². The molecular formula is C27H27N5O2. The fourth-order valence-corrected chi connectivity index (χ4v) is 4.54. The molecule has 0 aliphatic carbocycles. The molecule has 2 N–H and O–H groups in total. The normalized spacial score (nSPS) is 17.7. The van der Waals surface area contributed by atoms with Crippen LogP contribution < -0.4 is 10.9 Å². The molecule has 172 valence electrons. The Kier molecular flexibility index (Phi) is 5.81. The first-order chi connectivity index (χ1) is 16.4. The van der Waals surface area contributed by atoms with Crippen LogP contribution in [0.2, 0.25) is 0 Å². The Morgan fingerprint density at radius 1 is 1.06 bits per heavy atom. The highest BCUT2D eigenvalue weighted by molar-refractivity contribution is 5.63. The van der Waals surface area contributed by atoms with Crippen LogP contribution in [0.25, 0.3) is 22.5 Å². The van der Waals surface area contributed by atoms with Crippen molar-refractivity contribution >= 4 is 0 Å². The van der Waals surface area contributed by atoms with Gasteiger partial charge in [0.25, 0.3) is 5.56 Å². The number of nitrogens with zero attached hydrogens (tertiary/aromatic N) is 4. The average molecular weight is 454 g/mol. The van der Waals surface area contributed by atoms with E-state index < -0.39 is 6.10 Å². The standard InChI is InChI=1S/C27H27N5O2/c1-27(2)21(14-24(33)20-10-8-19(9-11-20)18-6-4-3-5-7-18)26-31-23(22-12-13-28-16-29-22)15-25(34)32(26)17-30-27/h3-13,15-16,21,24,30,33H,14,17H2,1-2H3. The first kappa shape index (κ1) is 22.1. The molecule has 7 nitrogen and oxygen atoms in total. The van der Waals surface area contributed by atoms with E-state index in [4.69, 9.17) is 4.98 Å². The lowest BCUT2D eigenvalue weighted by atomic mass is 9.80. The predicted molar refractivity (Wildman–Crippen MR) is 131 cm³/mol. The number of hydrogen-bond donors (Lipinski definition) is 2. The summed E-state index contributed by atoms with van der Waals surface area (Å²) in [6, 6.07) is 21.4. The van der Waals surface area contributed by atoms with Crippen molar-refractivity contribution in [2.45, 2.75) is 44.5 Å². The maximum atomic E-state index is 12.9. The molecule has 3 heterocycles. The number of hydrogen-bond acceptors (Lipinski definition) is 6. The molecule has 0 fully saturated rings. The van der Waals surface area contributed by atoms with E-state index in [1.165, 1.54) is 12.4 Å². The molecule has 2 atom stereocenters. The smallest absolute Gasteiger partial charge is 0.255 e. The van der Waals surface area contributed by atoms with Gasteiger partial charge in [-0.15, -0.1) is 0 Å². The van der Waals surface area contributed by atoms with E-state index in [2.05, 4.69) is 41.3 Å². The lowest BCUT2D eigenvalue weighted by Crippen LogP contribution is -2.53. The van der Waals surface area contributed by atoms with Crippen molar-refractivity contribution in [2.24, 2.45) is 0 Å². The Morgan fingerprint density at radius 2 is 1.79 bits per heavy atom. The van der Waals surface area contributed by atoms with Crippen molar-refractivity contribution < 1.29 is 5.11 Å². The number of aromatic nitrogens is 4. The number of fused-ring (bicyclic) bond motifs is 1.